The van der Waals surface area contributed by atoms with Crippen molar-refractivity contribution in [2.24, 2.45) is 5.41 Å². The van der Waals surface area contributed by atoms with Crippen LogP contribution in [0.3, 0.4) is 0 Å². The number of aliphatic hydroxyl groups is 1. The summed E-state index contributed by atoms with van der Waals surface area (Å²) in [5.74, 6) is 1.27. The second-order valence-electron chi connectivity index (χ2n) is 11.5. The first-order chi connectivity index (χ1) is 18.5. The van der Waals surface area contributed by atoms with E-state index in [1.54, 1.807) is 12.4 Å². The summed E-state index contributed by atoms with van der Waals surface area (Å²) in [4.78, 5) is 11.3. The molecule has 2 aliphatic rings. The molecule has 0 amide bonds. The van der Waals surface area contributed by atoms with Gasteiger partial charge in [-0.15, -0.1) is 0 Å². The molecule has 0 radical (unpaired) electrons. The van der Waals surface area contributed by atoms with E-state index in [1.807, 2.05) is 18.2 Å². The number of hydrogen-bond acceptors (Lipinski definition) is 8. The number of nitrogens with one attached hydrogen (secondary N) is 1. The van der Waals surface area contributed by atoms with Gasteiger partial charge in [0.1, 0.15) is 5.60 Å². The lowest BCUT2D eigenvalue weighted by molar-refractivity contribution is -0.127. The normalized spacial score (nSPS) is 20.6. The molecule has 3 aromatic rings. The molecule has 2 fully saturated rings. The number of hydrogen-bond donors (Lipinski definition) is 2. The Balaban J connectivity index is 1.43. The van der Waals surface area contributed by atoms with Crippen molar-refractivity contribution >= 4 is 10.2 Å². The molecule has 5 rings (SSSR count). The highest BCUT2D eigenvalue weighted by atomic mass is 32.2. The van der Waals surface area contributed by atoms with Crippen LogP contribution in [0, 0.1) is 5.41 Å². The second kappa shape index (κ2) is 10.4. The van der Waals surface area contributed by atoms with Crippen molar-refractivity contribution < 1.29 is 18.0 Å². The summed E-state index contributed by atoms with van der Waals surface area (Å²) in [5.41, 5.74) is 1.72. The van der Waals surface area contributed by atoms with E-state index in [4.69, 9.17) is 4.52 Å². The Morgan fingerprint density at radius 3 is 2.38 bits per heavy atom. The average Bonchev–Trinajstić information content (AvgIpc) is 3.42. The quantitative estimate of drug-likeness (QED) is 0.435. The van der Waals surface area contributed by atoms with Crippen LogP contribution < -0.4 is 4.72 Å². The first kappa shape index (κ1) is 27.9. The standard InChI is InChI=1S/C28H38N6O4S/c1-19(2)20-6-8-23(9-7-20)28(35,27(3)17-33(5)18-27)24-14-22(15-30-16-24)25-31-26(38-32-25)21-10-12-34(13-11-21)39(36,37)29-4/h6-9,14-16,19,21,29,35H,10-13,17-18H2,1-5H3/t28-/m0/s1. The lowest BCUT2D eigenvalue weighted by Crippen LogP contribution is -2.63. The van der Waals surface area contributed by atoms with Gasteiger partial charge in [0.05, 0.1) is 0 Å². The molecule has 4 heterocycles. The summed E-state index contributed by atoms with van der Waals surface area (Å²) in [6, 6.07) is 10.1. The minimum Gasteiger partial charge on any atom is -0.380 e. The molecule has 0 saturated carbocycles. The summed E-state index contributed by atoms with van der Waals surface area (Å²) < 4.78 is 33.6. The predicted molar refractivity (Wildman–Crippen MR) is 148 cm³/mol. The van der Waals surface area contributed by atoms with Crippen molar-refractivity contribution in [1.82, 2.24) is 29.1 Å². The first-order valence-electron chi connectivity index (χ1n) is 13.5. The van der Waals surface area contributed by atoms with E-state index >= 15 is 0 Å². The maximum absolute atomic E-state index is 12.5. The van der Waals surface area contributed by atoms with Gasteiger partial charge in [0.15, 0.2) is 0 Å². The monoisotopic (exact) mass is 554 g/mol. The van der Waals surface area contributed by atoms with Crippen LogP contribution in [-0.4, -0.2) is 78.1 Å². The zero-order chi connectivity index (χ0) is 28.0. The summed E-state index contributed by atoms with van der Waals surface area (Å²) in [5, 5.41) is 16.7. The van der Waals surface area contributed by atoms with Crippen molar-refractivity contribution in [2.45, 2.75) is 51.0 Å². The highest BCUT2D eigenvalue weighted by molar-refractivity contribution is 7.87. The van der Waals surface area contributed by atoms with Gasteiger partial charge in [0.25, 0.3) is 10.2 Å². The fourth-order valence-corrected chi connectivity index (χ4v) is 7.05. The third-order valence-electron chi connectivity index (χ3n) is 8.36. The van der Waals surface area contributed by atoms with Crippen molar-refractivity contribution in [3.8, 4) is 11.4 Å². The van der Waals surface area contributed by atoms with Crippen molar-refractivity contribution in [3.63, 3.8) is 0 Å². The summed E-state index contributed by atoms with van der Waals surface area (Å²) in [6.07, 6.45) is 4.59. The van der Waals surface area contributed by atoms with E-state index in [1.165, 1.54) is 16.9 Å². The number of likely N-dealkylation sites (tertiary alicyclic amines) is 1. The van der Waals surface area contributed by atoms with Crippen molar-refractivity contribution in [1.29, 1.82) is 0 Å². The third-order valence-corrected chi connectivity index (χ3v) is 9.92. The van der Waals surface area contributed by atoms with Gasteiger partial charge < -0.3 is 14.5 Å². The number of piperidine rings is 1. The second-order valence-corrected chi connectivity index (χ2v) is 13.4. The molecule has 2 aromatic heterocycles. The maximum atomic E-state index is 12.5. The Labute approximate surface area is 230 Å². The van der Waals surface area contributed by atoms with Gasteiger partial charge in [-0.2, -0.15) is 17.7 Å². The zero-order valence-electron chi connectivity index (χ0n) is 23.3. The highest BCUT2D eigenvalue weighted by Crippen LogP contribution is 2.50. The average molecular weight is 555 g/mol. The Bertz CT molecular complexity index is 1410. The van der Waals surface area contributed by atoms with Gasteiger partial charge in [0, 0.05) is 68.1 Å². The van der Waals surface area contributed by atoms with E-state index in [-0.39, 0.29) is 5.92 Å². The summed E-state index contributed by atoms with van der Waals surface area (Å²) in [6.45, 7) is 8.69. The van der Waals surface area contributed by atoms with Crippen LogP contribution in [0.15, 0.2) is 47.2 Å². The molecule has 0 unspecified atom stereocenters. The van der Waals surface area contributed by atoms with Gasteiger partial charge in [-0.1, -0.05) is 50.2 Å². The molecule has 2 saturated heterocycles. The number of rotatable bonds is 8. The summed E-state index contributed by atoms with van der Waals surface area (Å²) >= 11 is 0. The Kier molecular flexibility index (Phi) is 7.40. The van der Waals surface area contributed by atoms with Gasteiger partial charge in [-0.3, -0.25) is 4.98 Å². The first-order valence-corrected chi connectivity index (χ1v) is 14.9. The molecule has 0 bridgehead atoms. The SMILES string of the molecule is CNS(=O)(=O)N1CCC(c2nc(-c3cncc([C@@](O)(c4ccc(C(C)C)cc4)C4(C)CN(C)C4)c3)no2)CC1. The Morgan fingerprint density at radius 1 is 1.13 bits per heavy atom. The van der Waals surface area contributed by atoms with Crippen LogP contribution in [0.5, 0.6) is 0 Å². The number of aromatic nitrogens is 3. The van der Waals surface area contributed by atoms with Crippen molar-refractivity contribution in [2.75, 3.05) is 40.3 Å². The van der Waals surface area contributed by atoms with Crippen LogP contribution in [0.1, 0.15) is 68.0 Å². The topological polar surface area (TPSA) is 125 Å². The minimum atomic E-state index is -3.44. The number of pyridine rings is 1. The van der Waals surface area contributed by atoms with Gasteiger partial charge in [-0.25, -0.2) is 4.72 Å². The van der Waals surface area contributed by atoms with E-state index in [0.717, 1.165) is 18.7 Å². The Morgan fingerprint density at radius 2 is 1.79 bits per heavy atom. The van der Waals surface area contributed by atoms with Gasteiger partial charge >= 0.3 is 0 Å². The largest absolute Gasteiger partial charge is 0.380 e. The number of benzene rings is 1. The third kappa shape index (κ3) is 5.02. The van der Waals surface area contributed by atoms with Gasteiger partial charge in [0.2, 0.25) is 11.7 Å². The van der Waals surface area contributed by atoms with Crippen LogP contribution in [0.4, 0.5) is 0 Å². The molecular weight excluding hydrogens is 516 g/mol. The van der Waals surface area contributed by atoms with Gasteiger partial charge in [-0.05, 0) is 43.0 Å². The van der Waals surface area contributed by atoms with E-state index < -0.39 is 21.2 Å². The van der Waals surface area contributed by atoms with Crippen LogP contribution >= 0.6 is 0 Å². The molecule has 0 aliphatic carbocycles. The van der Waals surface area contributed by atoms with E-state index in [0.29, 0.717) is 54.7 Å². The van der Waals surface area contributed by atoms with E-state index in [2.05, 4.69) is 64.7 Å². The van der Waals surface area contributed by atoms with E-state index in [9.17, 15) is 13.5 Å². The summed E-state index contributed by atoms with van der Waals surface area (Å²) in [7, 11) is 0.0251. The molecule has 2 N–H and O–H groups in total. The van der Waals surface area contributed by atoms with Crippen LogP contribution in [0.2, 0.25) is 0 Å². The Hall–Kier alpha value is -2.70. The smallest absolute Gasteiger partial charge is 0.279 e. The maximum Gasteiger partial charge on any atom is 0.279 e. The molecule has 210 valence electrons. The lowest BCUT2D eigenvalue weighted by Gasteiger charge is -2.55. The zero-order valence-corrected chi connectivity index (χ0v) is 24.1. The minimum absolute atomic E-state index is 0.0217. The molecule has 2 aliphatic heterocycles. The molecule has 0 spiro atoms. The van der Waals surface area contributed by atoms with Crippen molar-refractivity contribution in [3.05, 3.63) is 65.3 Å². The van der Waals surface area contributed by atoms with Crippen LogP contribution in [-0.2, 0) is 15.8 Å². The molecular formula is C28H38N6O4S. The molecule has 1 aromatic carbocycles. The molecule has 11 heteroatoms. The number of nitrogens with zero attached hydrogens (tertiary/aromatic N) is 5. The predicted octanol–water partition coefficient (Wildman–Crippen LogP) is 3.09. The molecule has 1 atom stereocenters. The lowest BCUT2D eigenvalue weighted by atomic mass is 9.62. The van der Waals surface area contributed by atoms with Crippen LogP contribution in [0.25, 0.3) is 11.4 Å². The fraction of sp³-hybridized carbons (Fsp3) is 0.536. The molecule has 10 nitrogen and oxygen atoms in total. The molecule has 39 heavy (non-hydrogen) atoms. The highest BCUT2D eigenvalue weighted by Gasteiger charge is 2.55. The fourth-order valence-electron chi connectivity index (χ4n) is 6.10.